The molecule has 0 amide bonds. The summed E-state index contributed by atoms with van der Waals surface area (Å²) in [4.78, 5) is 28.7. The van der Waals surface area contributed by atoms with E-state index in [0.29, 0.717) is 35.3 Å². The van der Waals surface area contributed by atoms with Crippen LogP contribution in [0, 0.1) is 11.8 Å². The number of benzene rings is 2. The first-order valence-electron chi connectivity index (χ1n) is 25.0. The van der Waals surface area contributed by atoms with Gasteiger partial charge in [0.2, 0.25) is 0 Å². The van der Waals surface area contributed by atoms with E-state index in [2.05, 4.69) is 53.7 Å². The molecule has 0 aliphatic carbocycles. The van der Waals surface area contributed by atoms with Crippen molar-refractivity contribution in [3.8, 4) is 5.75 Å². The summed E-state index contributed by atoms with van der Waals surface area (Å²) >= 11 is -3.64. The molecule has 2 aromatic rings. The molecule has 5 nitrogen and oxygen atoms in total. The SMILES string of the molecule is CC(C)CCCCCCCCCCCCCCC(=O)c1ccc([O][Ti](=[O])[O]C(C)C)c(C(C)(C)c2ccccc2)c1C(=O)CCCCCCCCCCCCCCC(C)C. The monoisotopic (exact) mass is 867 g/mol. The summed E-state index contributed by atoms with van der Waals surface area (Å²) in [5.41, 5.74) is 1.88. The summed E-state index contributed by atoms with van der Waals surface area (Å²) in [6.45, 7) is 17.1. The first-order chi connectivity index (χ1) is 28.8. The van der Waals surface area contributed by atoms with Gasteiger partial charge in [-0.05, 0) is 11.8 Å². The van der Waals surface area contributed by atoms with Crippen molar-refractivity contribution in [2.45, 2.75) is 247 Å². The zero-order chi connectivity index (χ0) is 44.0. The molecule has 0 atom stereocenters. The molecule has 0 spiro atoms. The molecule has 6 heteroatoms. The Balaban J connectivity index is 2.05. The minimum atomic E-state index is -3.64. The van der Waals surface area contributed by atoms with E-state index in [1.165, 1.54) is 128 Å². The van der Waals surface area contributed by atoms with E-state index in [1.807, 2.05) is 32.0 Å². The third-order valence-electron chi connectivity index (χ3n) is 12.3. The first-order valence-corrected chi connectivity index (χ1v) is 26.9. The first kappa shape index (κ1) is 54.2. The van der Waals surface area contributed by atoms with Crippen LogP contribution in [0.2, 0.25) is 0 Å². The van der Waals surface area contributed by atoms with Gasteiger partial charge in [0.1, 0.15) is 0 Å². The van der Waals surface area contributed by atoms with Crippen LogP contribution in [0.3, 0.4) is 0 Å². The molecule has 0 radical (unpaired) electrons. The van der Waals surface area contributed by atoms with Crippen LogP contribution in [-0.2, 0) is 30.7 Å². The Labute approximate surface area is 376 Å². The van der Waals surface area contributed by atoms with Crippen LogP contribution in [0.1, 0.15) is 267 Å². The molecule has 0 saturated heterocycles. The smallest absolute Gasteiger partial charge is 0.0628 e. The van der Waals surface area contributed by atoms with Crippen LogP contribution < -0.4 is 3.32 Å². The zero-order valence-electron chi connectivity index (χ0n) is 40.1. The van der Waals surface area contributed by atoms with Gasteiger partial charge in [-0.2, -0.15) is 0 Å². The normalized spacial score (nSPS) is 11.9. The Kier molecular flexibility index (Phi) is 29.5. The third-order valence-corrected chi connectivity index (χ3v) is 13.9. The third kappa shape index (κ3) is 23.5. The van der Waals surface area contributed by atoms with E-state index in [4.69, 9.17) is 6.64 Å². The molecule has 0 aliphatic rings. The minimum Gasteiger partial charge on any atom is -0.0628 e. The molecule has 0 aliphatic heterocycles. The second-order valence-corrected chi connectivity index (χ2v) is 21.0. The number of hydrogen-bond donors (Lipinski definition) is 0. The Bertz CT molecular complexity index is 1450. The van der Waals surface area contributed by atoms with Gasteiger partial charge < -0.3 is 0 Å². The maximum atomic E-state index is 14.5. The summed E-state index contributed by atoms with van der Waals surface area (Å²) in [5.74, 6) is 2.02. The van der Waals surface area contributed by atoms with Gasteiger partial charge >= 0.3 is 243 Å². The molecule has 0 aromatic heterocycles. The Hall–Kier alpha value is -1.95. The summed E-state index contributed by atoms with van der Waals surface area (Å²) in [7, 11) is 0. The van der Waals surface area contributed by atoms with Crippen molar-refractivity contribution in [1.82, 2.24) is 0 Å². The molecule has 0 saturated carbocycles. The molecular formula is C54H90O5Ti. The van der Waals surface area contributed by atoms with E-state index in [-0.39, 0.29) is 17.7 Å². The van der Waals surface area contributed by atoms with Gasteiger partial charge in [-0.1, -0.05) is 124 Å². The van der Waals surface area contributed by atoms with Gasteiger partial charge in [0, 0.05) is 0 Å². The van der Waals surface area contributed by atoms with Crippen molar-refractivity contribution >= 4 is 11.6 Å². The number of rotatable bonds is 38. The standard InChI is InChI=1S/C51H84O3.C3H7O.O.Ti/c1-42(2)34-28-23-19-15-11-7-9-13-17-21-25-32-38-46(52)45-40-41-48(54)50(51(5,6)44-36-30-27-31-37-44)49(45)47(53)39-33-26-22-18-14-10-8-12-16-20-24-29-35-43(3)4;1-3(2)4;;/h27,30-31,36-37,40-43,54H,7-26,28-29,32-35,38-39H2,1-6H3;3H,1-2H3;;/q;-1;;+2/p-1. The number of carbonyl (C=O) groups is 2. The molecule has 0 fully saturated rings. The van der Waals surface area contributed by atoms with Gasteiger partial charge in [-0.25, -0.2) is 0 Å². The maximum absolute atomic E-state index is 14.5. The van der Waals surface area contributed by atoms with E-state index >= 15 is 0 Å². The predicted molar refractivity (Wildman–Crippen MR) is 250 cm³/mol. The van der Waals surface area contributed by atoms with E-state index < -0.39 is 24.0 Å². The molecule has 0 N–H and O–H groups in total. The Morgan fingerprint density at radius 1 is 0.517 bits per heavy atom. The number of hydrogen-bond acceptors (Lipinski definition) is 5. The van der Waals surface area contributed by atoms with Crippen molar-refractivity contribution in [3.63, 3.8) is 0 Å². The second-order valence-electron chi connectivity index (χ2n) is 19.6. The molecular weight excluding hydrogens is 776 g/mol. The summed E-state index contributed by atoms with van der Waals surface area (Å²) < 4.78 is 25.0. The molecule has 60 heavy (non-hydrogen) atoms. The second kappa shape index (κ2) is 32.7. The van der Waals surface area contributed by atoms with Crippen molar-refractivity contribution in [1.29, 1.82) is 0 Å². The van der Waals surface area contributed by atoms with Crippen LogP contribution in [0.15, 0.2) is 42.5 Å². The van der Waals surface area contributed by atoms with Crippen molar-refractivity contribution in [3.05, 3.63) is 64.7 Å². The van der Waals surface area contributed by atoms with E-state index in [1.54, 1.807) is 12.1 Å². The topological polar surface area (TPSA) is 69.7 Å². The van der Waals surface area contributed by atoms with Gasteiger partial charge in [0.15, 0.2) is 0 Å². The zero-order valence-corrected chi connectivity index (χ0v) is 41.7. The van der Waals surface area contributed by atoms with Crippen LogP contribution in [0.5, 0.6) is 5.75 Å². The minimum absolute atomic E-state index is 0.00996. The van der Waals surface area contributed by atoms with Crippen molar-refractivity contribution < 1.29 is 38.2 Å². The number of ketones is 2. The fourth-order valence-corrected chi connectivity index (χ4v) is 9.81. The summed E-state index contributed by atoms with van der Waals surface area (Å²) in [6.07, 6.45) is 33.0. The fraction of sp³-hybridized carbons (Fsp3) is 0.741. The molecule has 340 valence electrons. The summed E-state index contributed by atoms with van der Waals surface area (Å²) in [5, 5.41) is 0. The van der Waals surface area contributed by atoms with Crippen molar-refractivity contribution in [2.24, 2.45) is 11.8 Å². The predicted octanol–water partition coefficient (Wildman–Crippen LogP) is 17.2. The average Bonchev–Trinajstić information content (AvgIpc) is 3.20. The Morgan fingerprint density at radius 2 is 0.900 bits per heavy atom. The van der Waals surface area contributed by atoms with Gasteiger partial charge in [-0.3, -0.25) is 0 Å². The van der Waals surface area contributed by atoms with E-state index in [0.717, 1.165) is 55.9 Å². The molecule has 0 heterocycles. The summed E-state index contributed by atoms with van der Waals surface area (Å²) in [6, 6.07) is 13.6. The molecule has 0 unspecified atom stereocenters. The van der Waals surface area contributed by atoms with Crippen LogP contribution in [0.25, 0.3) is 0 Å². The fourth-order valence-electron chi connectivity index (χ4n) is 8.59. The molecule has 0 bridgehead atoms. The average molecular weight is 867 g/mol. The number of carbonyl (C=O) groups excluding carboxylic acids is 2. The van der Waals surface area contributed by atoms with Crippen LogP contribution in [-0.4, -0.2) is 17.7 Å². The molecule has 2 aromatic carbocycles. The molecule has 2 rings (SSSR count). The van der Waals surface area contributed by atoms with Gasteiger partial charge in [0.25, 0.3) is 0 Å². The quantitative estimate of drug-likeness (QED) is 0.0382. The van der Waals surface area contributed by atoms with Crippen LogP contribution >= 0.6 is 0 Å². The number of unbranched alkanes of at least 4 members (excludes halogenated alkanes) is 22. The van der Waals surface area contributed by atoms with E-state index in [9.17, 15) is 12.9 Å². The van der Waals surface area contributed by atoms with Gasteiger partial charge in [0.05, 0.1) is 0 Å². The Morgan fingerprint density at radius 3 is 1.30 bits per heavy atom. The van der Waals surface area contributed by atoms with Crippen molar-refractivity contribution in [2.75, 3.05) is 0 Å². The van der Waals surface area contributed by atoms with Crippen LogP contribution in [0.4, 0.5) is 0 Å². The number of Topliss-reactive ketones (excluding diaryl/α,β-unsaturated/α-hetero) is 2. The van der Waals surface area contributed by atoms with Gasteiger partial charge in [-0.15, -0.1) is 0 Å².